The van der Waals surface area contributed by atoms with Gasteiger partial charge in [-0.1, -0.05) is 46.8 Å². The number of methoxy groups -OCH3 is 2. The molecule has 19 nitrogen and oxygen atoms in total. The number of fused-ring (bicyclic) bond motifs is 5. The van der Waals surface area contributed by atoms with Gasteiger partial charge in [-0.15, -0.1) is 0 Å². The molecule has 376 valence electrons. The van der Waals surface area contributed by atoms with E-state index in [0.717, 1.165) is 0 Å². The zero-order valence-corrected chi connectivity index (χ0v) is 38.8. The van der Waals surface area contributed by atoms with Crippen LogP contribution < -0.4 is 0 Å². The molecule has 0 spiro atoms. The Balaban J connectivity index is 0.914. The maximum atomic E-state index is 12.7. The predicted octanol–water partition coefficient (Wildman–Crippen LogP) is -1.45. The Hall–Kier alpha value is -1.02. The summed E-state index contributed by atoms with van der Waals surface area (Å²) < 4.78 is 45.4. The Labute approximate surface area is 381 Å². The number of aliphatic hydroxyl groups excluding tert-OH is 10. The number of rotatable bonds is 14. The summed E-state index contributed by atoms with van der Waals surface area (Å²) in [4.78, 5) is 0. The van der Waals surface area contributed by atoms with Gasteiger partial charge in [-0.05, 0) is 72.5 Å². The van der Waals surface area contributed by atoms with Crippen molar-refractivity contribution in [3.63, 3.8) is 0 Å². The van der Waals surface area contributed by atoms with Crippen molar-refractivity contribution in [2.75, 3.05) is 40.6 Å². The number of hydrogen-bond donors (Lipinski definition) is 11. The highest BCUT2D eigenvalue weighted by Crippen LogP contribution is 2.69. The number of hydrogen-bond acceptors (Lipinski definition) is 19. The van der Waals surface area contributed by atoms with Gasteiger partial charge in [0.25, 0.3) is 0 Å². The van der Waals surface area contributed by atoms with E-state index in [2.05, 4.69) is 26.0 Å². The molecule has 65 heavy (non-hydrogen) atoms. The fourth-order valence-corrected chi connectivity index (χ4v) is 13.8. The van der Waals surface area contributed by atoms with E-state index in [1.54, 1.807) is 0 Å². The molecule has 3 aliphatic heterocycles. The van der Waals surface area contributed by atoms with Gasteiger partial charge in [-0.25, -0.2) is 0 Å². The van der Waals surface area contributed by atoms with Gasteiger partial charge in [0.1, 0.15) is 54.9 Å². The minimum absolute atomic E-state index is 0.00273. The monoisotopic (exact) mass is 935 g/mol. The van der Waals surface area contributed by atoms with Crippen molar-refractivity contribution in [2.24, 2.45) is 52.3 Å². The average molecular weight is 935 g/mol. The Morgan fingerprint density at radius 1 is 0.615 bits per heavy atom. The molecule has 0 aromatic carbocycles. The Morgan fingerprint density at radius 2 is 1.22 bits per heavy atom. The van der Waals surface area contributed by atoms with Crippen molar-refractivity contribution in [3.8, 4) is 0 Å². The molecule has 0 aromatic heterocycles. The summed E-state index contributed by atoms with van der Waals surface area (Å²) in [6.45, 7) is 9.83. The van der Waals surface area contributed by atoms with E-state index in [4.69, 9.17) is 37.9 Å². The third-order valence-electron chi connectivity index (χ3n) is 17.1. The van der Waals surface area contributed by atoms with Crippen LogP contribution in [-0.2, 0) is 37.9 Å². The van der Waals surface area contributed by atoms with Crippen molar-refractivity contribution in [1.29, 1.82) is 0 Å². The molecule has 7 aliphatic rings. The average Bonchev–Trinajstić information content (AvgIpc) is 3.46. The normalized spacial score (nSPS) is 52.5. The molecule has 7 rings (SSSR count). The lowest BCUT2D eigenvalue weighted by Crippen LogP contribution is -2.71. The molecule has 4 aliphatic carbocycles. The second-order valence-electron chi connectivity index (χ2n) is 21.2. The number of aliphatic hydroxyl groups is 11. The van der Waals surface area contributed by atoms with Crippen LogP contribution in [0.15, 0.2) is 12.2 Å². The zero-order valence-electron chi connectivity index (χ0n) is 38.8. The Morgan fingerprint density at radius 3 is 1.88 bits per heavy atom. The summed E-state index contributed by atoms with van der Waals surface area (Å²) in [5.74, 6) is -2.12. The van der Waals surface area contributed by atoms with Crippen molar-refractivity contribution < 1.29 is 94.1 Å². The molecule has 26 atom stereocenters. The molecule has 3 unspecified atom stereocenters. The lowest BCUT2D eigenvalue weighted by Gasteiger charge is -2.66. The second kappa shape index (κ2) is 20.4. The van der Waals surface area contributed by atoms with Crippen molar-refractivity contribution in [2.45, 2.75) is 183 Å². The van der Waals surface area contributed by atoms with Crippen molar-refractivity contribution in [1.82, 2.24) is 0 Å². The first-order valence-corrected chi connectivity index (χ1v) is 23.7. The minimum Gasteiger partial charge on any atom is -0.393 e. The highest BCUT2D eigenvalue weighted by Gasteiger charge is 2.73. The largest absolute Gasteiger partial charge is 0.393 e. The fourth-order valence-electron chi connectivity index (χ4n) is 13.8. The molecular formula is C46H78O19. The molecule has 3 heterocycles. The van der Waals surface area contributed by atoms with Gasteiger partial charge in [0.05, 0.1) is 62.5 Å². The van der Waals surface area contributed by atoms with Gasteiger partial charge in [0, 0.05) is 32.5 Å². The summed E-state index contributed by atoms with van der Waals surface area (Å²) >= 11 is 0. The molecule has 4 saturated carbocycles. The van der Waals surface area contributed by atoms with Gasteiger partial charge < -0.3 is 94.1 Å². The topological polar surface area (TPSA) is 296 Å². The van der Waals surface area contributed by atoms with Crippen LogP contribution >= 0.6 is 0 Å². The molecule has 0 bridgehead atoms. The molecular weight excluding hydrogens is 856 g/mol. The number of ether oxygens (including phenoxy) is 8. The van der Waals surface area contributed by atoms with Crippen molar-refractivity contribution >= 4 is 0 Å². The third-order valence-corrected chi connectivity index (χ3v) is 17.1. The lowest BCUT2D eigenvalue weighted by atomic mass is 9.41. The highest BCUT2D eigenvalue weighted by molar-refractivity contribution is 5.23. The van der Waals surface area contributed by atoms with Gasteiger partial charge in [0.2, 0.25) is 0 Å². The first kappa shape index (κ1) is 51.8. The molecule has 3 saturated heterocycles. The highest BCUT2D eigenvalue weighted by atomic mass is 16.8. The van der Waals surface area contributed by atoms with Crippen LogP contribution in [0.3, 0.4) is 0 Å². The van der Waals surface area contributed by atoms with E-state index in [0.29, 0.717) is 32.1 Å². The molecule has 0 radical (unpaired) electrons. The van der Waals surface area contributed by atoms with Crippen LogP contribution in [0.1, 0.15) is 73.1 Å². The molecule has 19 heteroatoms. The van der Waals surface area contributed by atoms with Gasteiger partial charge in [-0.3, -0.25) is 0 Å². The maximum Gasteiger partial charge on any atom is 0.186 e. The van der Waals surface area contributed by atoms with Gasteiger partial charge >= 0.3 is 0 Å². The SMILES string of the molecule is CO[C@@H]1[C@@H](O)[C@H](O[C@@H]2CO[C@@H](O[C@@H]3CO[C@@H](OCC[C@@H](/C=C/[C@@H](C)[C@H]4[C@@H](O)[C@@H](O)[C@@H]5[C@]4(C)CCC4[C@@]6(C)CC[C@H](O)[C@H](O)C6C(O)C[C@]45O)C(C)C)[C@H](O)[C@H]3O)[C@H](O)[C@H]2OC)OC[C@H]1O. The maximum absolute atomic E-state index is 12.7. The smallest absolute Gasteiger partial charge is 0.186 e. The first-order chi connectivity index (χ1) is 30.6. The Kier molecular flexibility index (Phi) is 16.2. The third kappa shape index (κ3) is 9.38. The first-order valence-electron chi connectivity index (χ1n) is 23.7. The lowest BCUT2D eigenvalue weighted by molar-refractivity contribution is -0.351. The fraction of sp³-hybridized carbons (Fsp3) is 0.957. The predicted molar refractivity (Wildman–Crippen MR) is 226 cm³/mol. The number of allylic oxidation sites excluding steroid dienone is 2. The van der Waals surface area contributed by atoms with Crippen LogP contribution in [0, 0.1) is 52.3 Å². The summed E-state index contributed by atoms with van der Waals surface area (Å²) in [5, 5.41) is 123. The van der Waals surface area contributed by atoms with E-state index < -0.39 is 139 Å². The van der Waals surface area contributed by atoms with E-state index in [1.807, 2.05) is 20.8 Å². The molecule has 0 amide bonds. The molecule has 0 aromatic rings. The van der Waals surface area contributed by atoms with Gasteiger partial charge in [0.15, 0.2) is 18.9 Å². The van der Waals surface area contributed by atoms with E-state index in [-0.39, 0.29) is 56.5 Å². The summed E-state index contributed by atoms with van der Waals surface area (Å²) in [6, 6.07) is 0. The quantitative estimate of drug-likeness (QED) is 0.0889. The summed E-state index contributed by atoms with van der Waals surface area (Å²) in [7, 11) is 2.69. The van der Waals surface area contributed by atoms with E-state index >= 15 is 0 Å². The summed E-state index contributed by atoms with van der Waals surface area (Å²) in [6.07, 6.45) is -13.3. The van der Waals surface area contributed by atoms with E-state index in [1.165, 1.54) is 14.2 Å². The second-order valence-corrected chi connectivity index (χ2v) is 21.2. The Bertz CT molecular complexity index is 1590. The van der Waals surface area contributed by atoms with Crippen molar-refractivity contribution in [3.05, 3.63) is 12.2 Å². The summed E-state index contributed by atoms with van der Waals surface area (Å²) in [5.41, 5.74) is -2.82. The zero-order chi connectivity index (χ0) is 47.5. The van der Waals surface area contributed by atoms with Crippen LogP contribution in [0.25, 0.3) is 0 Å². The van der Waals surface area contributed by atoms with E-state index in [9.17, 15) is 56.2 Å². The van der Waals surface area contributed by atoms with Crippen LogP contribution in [0.4, 0.5) is 0 Å². The van der Waals surface area contributed by atoms with Crippen LogP contribution in [0.5, 0.6) is 0 Å². The molecule has 11 N–H and O–H groups in total. The van der Waals surface area contributed by atoms with Crippen LogP contribution in [-0.4, -0.2) is 207 Å². The molecule has 7 fully saturated rings. The minimum atomic E-state index is -1.51. The van der Waals surface area contributed by atoms with Crippen LogP contribution in [0.2, 0.25) is 0 Å². The van der Waals surface area contributed by atoms with Gasteiger partial charge in [-0.2, -0.15) is 0 Å². The standard InChI is InChI=1S/C46H78O19/c1-20(2)22(9-8-21(3)29-33(52)34(53)40-45(29,5)14-11-28-44(4)13-10-23(47)31(50)30(44)24(48)16-46(28,40)57)12-15-60-41-35(54)32(51)26(18-62-41)64-43-37(56)39(59-7)27(19-63-43)65-42-36(55)38(58-6)25(49)17-61-42/h8-9,20-43,47-57H,10-19H2,1-7H3/b9-8+/t21-,22-,23+,24?,25-,26-,27-,28?,29+,30?,31+,32+,33-,34-,35-,36-,37-,38+,39+,40-,41-,42+,43+,44-,45-,46+/m1/s1.